The molecule has 7 heteroatoms. The Morgan fingerprint density at radius 3 is 2.52 bits per heavy atom. The Morgan fingerprint density at radius 2 is 1.96 bits per heavy atom. The van der Waals surface area contributed by atoms with Gasteiger partial charge in [0.15, 0.2) is 0 Å². The zero-order valence-electron chi connectivity index (χ0n) is 13.1. The first-order valence-electron chi connectivity index (χ1n) is 7.16. The molecule has 0 aliphatic carbocycles. The summed E-state index contributed by atoms with van der Waals surface area (Å²) in [6.07, 6.45) is 1.30. The number of carboxylic acids is 1. The number of halogens is 1. The second kappa shape index (κ2) is 6.60. The lowest BCUT2D eigenvalue weighted by atomic mass is 10.0. The topological polar surface area (TPSA) is 84.2 Å². The van der Waals surface area contributed by atoms with Gasteiger partial charge >= 0.3 is 5.97 Å². The van der Waals surface area contributed by atoms with Gasteiger partial charge in [0.05, 0.1) is 17.5 Å². The van der Waals surface area contributed by atoms with E-state index in [0.717, 1.165) is 0 Å². The normalized spacial score (nSPS) is 12.2. The van der Waals surface area contributed by atoms with Crippen molar-refractivity contribution in [2.45, 2.75) is 26.8 Å². The van der Waals surface area contributed by atoms with E-state index in [9.17, 15) is 14.0 Å². The molecule has 23 heavy (non-hydrogen) atoms. The first-order valence-corrected chi connectivity index (χ1v) is 7.16. The molecule has 0 aliphatic rings. The van der Waals surface area contributed by atoms with Crippen molar-refractivity contribution in [1.82, 2.24) is 15.1 Å². The van der Waals surface area contributed by atoms with Crippen molar-refractivity contribution in [1.29, 1.82) is 0 Å². The second-order valence-corrected chi connectivity index (χ2v) is 5.54. The summed E-state index contributed by atoms with van der Waals surface area (Å²) < 4.78 is 15.2. The summed E-state index contributed by atoms with van der Waals surface area (Å²) in [4.78, 5) is 23.5. The van der Waals surface area contributed by atoms with E-state index in [0.29, 0.717) is 5.69 Å². The molecule has 2 rings (SSSR count). The molecule has 0 aliphatic heterocycles. The van der Waals surface area contributed by atoms with E-state index in [1.165, 1.54) is 16.9 Å². The van der Waals surface area contributed by atoms with Crippen LogP contribution in [0.1, 0.15) is 29.9 Å². The van der Waals surface area contributed by atoms with Crippen LogP contribution in [0.2, 0.25) is 0 Å². The van der Waals surface area contributed by atoms with Gasteiger partial charge < -0.3 is 10.4 Å². The Hall–Kier alpha value is -2.70. The number of nitrogens with zero attached hydrogens (tertiary/aromatic N) is 2. The fraction of sp³-hybridized carbons (Fsp3) is 0.312. The summed E-state index contributed by atoms with van der Waals surface area (Å²) in [7, 11) is 0. The minimum Gasteiger partial charge on any atom is -0.480 e. The van der Waals surface area contributed by atoms with Crippen molar-refractivity contribution >= 4 is 11.9 Å². The molecule has 0 bridgehead atoms. The van der Waals surface area contributed by atoms with Crippen molar-refractivity contribution in [3.05, 3.63) is 47.5 Å². The summed E-state index contributed by atoms with van der Waals surface area (Å²) in [5.41, 5.74) is 0.864. The van der Waals surface area contributed by atoms with Crippen LogP contribution < -0.4 is 5.32 Å². The number of nitrogens with one attached hydrogen (secondary N) is 1. The zero-order chi connectivity index (χ0) is 17.1. The Morgan fingerprint density at radius 1 is 1.30 bits per heavy atom. The maximum atomic E-state index is 13.8. The molecule has 122 valence electrons. The van der Waals surface area contributed by atoms with Crippen LogP contribution in [-0.4, -0.2) is 32.8 Å². The number of carbonyl (C=O) groups is 2. The molecule has 1 heterocycles. The minimum atomic E-state index is -1.10. The van der Waals surface area contributed by atoms with Gasteiger partial charge in [-0.1, -0.05) is 26.0 Å². The number of benzene rings is 1. The number of rotatable bonds is 5. The summed E-state index contributed by atoms with van der Waals surface area (Å²) in [6.45, 7) is 5.03. The van der Waals surface area contributed by atoms with Gasteiger partial charge in [-0.05, 0) is 25.0 Å². The van der Waals surface area contributed by atoms with Crippen LogP contribution in [0.25, 0.3) is 5.69 Å². The first-order chi connectivity index (χ1) is 10.8. The van der Waals surface area contributed by atoms with Gasteiger partial charge in [-0.2, -0.15) is 5.10 Å². The quantitative estimate of drug-likeness (QED) is 0.884. The Balaban J connectivity index is 2.31. The van der Waals surface area contributed by atoms with E-state index in [-0.39, 0.29) is 17.2 Å². The van der Waals surface area contributed by atoms with Crippen LogP contribution in [0.3, 0.4) is 0 Å². The highest BCUT2D eigenvalue weighted by atomic mass is 19.1. The molecule has 1 atom stereocenters. The number of aromatic nitrogens is 2. The van der Waals surface area contributed by atoms with Crippen molar-refractivity contribution in [2.75, 3.05) is 0 Å². The third-order valence-corrected chi connectivity index (χ3v) is 3.55. The molecule has 0 fully saturated rings. The zero-order valence-corrected chi connectivity index (χ0v) is 13.1. The van der Waals surface area contributed by atoms with Gasteiger partial charge in [-0.3, -0.25) is 4.79 Å². The molecule has 6 nitrogen and oxygen atoms in total. The van der Waals surface area contributed by atoms with E-state index < -0.39 is 23.7 Å². The molecular weight excluding hydrogens is 301 g/mol. The van der Waals surface area contributed by atoms with Crippen molar-refractivity contribution < 1.29 is 19.1 Å². The molecule has 1 aromatic heterocycles. The van der Waals surface area contributed by atoms with Crippen LogP contribution in [0.5, 0.6) is 0 Å². The largest absolute Gasteiger partial charge is 0.480 e. The number of carboxylic acid groups (broad SMARTS) is 1. The number of para-hydroxylation sites is 1. The summed E-state index contributed by atoms with van der Waals surface area (Å²) in [5.74, 6) is -2.38. The van der Waals surface area contributed by atoms with Gasteiger partial charge in [0.1, 0.15) is 17.5 Å². The van der Waals surface area contributed by atoms with Gasteiger partial charge in [-0.15, -0.1) is 0 Å². The monoisotopic (exact) mass is 319 g/mol. The highest BCUT2D eigenvalue weighted by Gasteiger charge is 2.26. The lowest BCUT2D eigenvalue weighted by molar-refractivity contribution is -0.140. The van der Waals surface area contributed by atoms with Crippen LogP contribution in [0.4, 0.5) is 4.39 Å². The molecule has 2 aromatic rings. The van der Waals surface area contributed by atoms with Crippen LogP contribution >= 0.6 is 0 Å². The Bertz CT molecular complexity index is 740. The Labute approximate surface area is 132 Å². The molecule has 1 aromatic carbocycles. The molecule has 2 N–H and O–H groups in total. The van der Waals surface area contributed by atoms with E-state index in [4.69, 9.17) is 5.11 Å². The molecule has 0 saturated carbocycles. The van der Waals surface area contributed by atoms with E-state index in [1.807, 2.05) is 0 Å². The first kappa shape index (κ1) is 16.7. The van der Waals surface area contributed by atoms with Crippen molar-refractivity contribution in [3.63, 3.8) is 0 Å². The maximum absolute atomic E-state index is 13.8. The predicted octanol–water partition coefficient (Wildman–Crippen LogP) is 2.16. The lowest BCUT2D eigenvalue weighted by Crippen LogP contribution is -2.44. The molecule has 0 unspecified atom stereocenters. The third kappa shape index (κ3) is 3.39. The summed E-state index contributed by atoms with van der Waals surface area (Å²) in [6, 6.07) is 5.07. The van der Waals surface area contributed by atoms with E-state index in [2.05, 4.69) is 10.4 Å². The number of carbonyl (C=O) groups excluding carboxylic acids is 1. The minimum absolute atomic E-state index is 0.208. The summed E-state index contributed by atoms with van der Waals surface area (Å²) in [5, 5.41) is 15.6. The highest BCUT2D eigenvalue weighted by molar-refractivity contribution is 5.97. The number of hydrogen-bond donors (Lipinski definition) is 2. The van der Waals surface area contributed by atoms with Gasteiger partial charge in [-0.25, -0.2) is 13.9 Å². The van der Waals surface area contributed by atoms with Crippen LogP contribution in [0.15, 0.2) is 30.5 Å². The number of aliphatic carboxylic acids is 1. The average Bonchev–Trinajstić information content (AvgIpc) is 2.86. The molecule has 0 spiro atoms. The Kier molecular flexibility index (Phi) is 4.78. The van der Waals surface area contributed by atoms with Crippen LogP contribution in [0, 0.1) is 18.7 Å². The maximum Gasteiger partial charge on any atom is 0.326 e. The van der Waals surface area contributed by atoms with Crippen molar-refractivity contribution in [2.24, 2.45) is 5.92 Å². The average molecular weight is 319 g/mol. The lowest BCUT2D eigenvalue weighted by Gasteiger charge is -2.17. The molecular formula is C16H18FN3O3. The molecule has 0 radical (unpaired) electrons. The standard InChI is InChI=1S/C16H18FN3O3/c1-9(2)14(16(22)23)19-15(21)11-8-18-20(10(11)3)13-7-5-4-6-12(13)17/h4-9,14H,1-3H3,(H,19,21)(H,22,23)/t14-/m1/s1. The molecule has 1 amide bonds. The number of amides is 1. The SMILES string of the molecule is Cc1c(C(=O)N[C@@H](C(=O)O)C(C)C)cnn1-c1ccccc1F. The van der Waals surface area contributed by atoms with E-state index in [1.54, 1.807) is 39.0 Å². The predicted molar refractivity (Wildman–Crippen MR) is 82.0 cm³/mol. The smallest absolute Gasteiger partial charge is 0.326 e. The highest BCUT2D eigenvalue weighted by Crippen LogP contribution is 2.17. The molecule has 0 saturated heterocycles. The second-order valence-electron chi connectivity index (χ2n) is 5.54. The summed E-state index contributed by atoms with van der Waals surface area (Å²) >= 11 is 0. The van der Waals surface area contributed by atoms with Crippen LogP contribution in [-0.2, 0) is 4.79 Å². The fourth-order valence-corrected chi connectivity index (χ4v) is 2.23. The third-order valence-electron chi connectivity index (χ3n) is 3.55. The van der Waals surface area contributed by atoms with E-state index >= 15 is 0 Å². The van der Waals surface area contributed by atoms with Gasteiger partial charge in [0.2, 0.25) is 0 Å². The van der Waals surface area contributed by atoms with Crippen molar-refractivity contribution in [3.8, 4) is 5.69 Å². The van der Waals surface area contributed by atoms with Gasteiger partial charge in [0, 0.05) is 0 Å². The van der Waals surface area contributed by atoms with Gasteiger partial charge in [0.25, 0.3) is 5.91 Å². The fourth-order valence-electron chi connectivity index (χ4n) is 2.23. The number of hydrogen-bond acceptors (Lipinski definition) is 3.